The summed E-state index contributed by atoms with van der Waals surface area (Å²) in [6.45, 7) is 2.60. The molecule has 1 aliphatic carbocycles. The van der Waals surface area contributed by atoms with E-state index in [4.69, 9.17) is 4.74 Å². The Kier molecular flexibility index (Phi) is 4.13. The number of pyridine rings is 2. The zero-order valence-corrected chi connectivity index (χ0v) is 14.2. The lowest BCUT2D eigenvalue weighted by molar-refractivity contribution is 0.339. The molecule has 1 aliphatic rings. The van der Waals surface area contributed by atoms with E-state index in [1.54, 1.807) is 17.5 Å². The maximum Gasteiger partial charge on any atom is 0.188 e. The number of nitrogens with one attached hydrogen (secondary N) is 1. The summed E-state index contributed by atoms with van der Waals surface area (Å²) >= 11 is 1.56. The van der Waals surface area contributed by atoms with Gasteiger partial charge in [-0.25, -0.2) is 9.97 Å². The third-order valence-corrected chi connectivity index (χ3v) is 4.65. The molecule has 0 aromatic carbocycles. The smallest absolute Gasteiger partial charge is 0.188 e. The molecule has 1 N–H and O–H groups in total. The molecule has 3 heterocycles. The Hall–Kier alpha value is -2.47. The maximum absolute atomic E-state index is 5.42. The number of rotatable bonds is 6. The quantitative estimate of drug-likeness (QED) is 0.710. The molecule has 0 bridgehead atoms. The van der Waals surface area contributed by atoms with Crippen LogP contribution >= 0.6 is 11.3 Å². The molecule has 0 unspecified atom stereocenters. The highest BCUT2D eigenvalue weighted by Gasteiger charge is 2.26. The molecule has 0 saturated heterocycles. The number of hydrogen-bond acceptors (Lipinski definition) is 6. The van der Waals surface area contributed by atoms with Crippen LogP contribution in [0.25, 0.3) is 11.4 Å². The number of aromatic nitrogens is 3. The minimum atomic E-state index is 0.638. The Balaban J connectivity index is 1.52. The predicted octanol–water partition coefficient (Wildman–Crippen LogP) is 4.62. The van der Waals surface area contributed by atoms with E-state index < -0.39 is 0 Å². The first-order valence-electron chi connectivity index (χ1n) is 8.10. The van der Waals surface area contributed by atoms with Crippen LogP contribution in [-0.2, 0) is 0 Å². The van der Waals surface area contributed by atoms with Crippen molar-refractivity contribution in [3.8, 4) is 17.1 Å². The summed E-state index contributed by atoms with van der Waals surface area (Å²) in [6.07, 6.45) is 6.05. The van der Waals surface area contributed by atoms with Crippen molar-refractivity contribution in [2.75, 3.05) is 11.9 Å². The van der Waals surface area contributed by atoms with E-state index >= 15 is 0 Å². The molecule has 1 saturated carbocycles. The van der Waals surface area contributed by atoms with Crippen molar-refractivity contribution in [1.82, 2.24) is 15.0 Å². The summed E-state index contributed by atoms with van der Waals surface area (Å²) < 4.78 is 5.42. The van der Waals surface area contributed by atoms with Crippen LogP contribution in [0.15, 0.2) is 42.0 Å². The summed E-state index contributed by atoms with van der Waals surface area (Å²) in [5.41, 5.74) is 2.98. The molecule has 0 atom stereocenters. The second-order valence-electron chi connectivity index (χ2n) is 5.69. The van der Waals surface area contributed by atoms with Crippen molar-refractivity contribution in [3.05, 3.63) is 47.6 Å². The zero-order valence-electron chi connectivity index (χ0n) is 13.4. The molecule has 5 nitrogen and oxygen atoms in total. The molecule has 0 spiro atoms. The van der Waals surface area contributed by atoms with Crippen LogP contribution in [0.2, 0.25) is 0 Å². The van der Waals surface area contributed by atoms with Gasteiger partial charge in [0.1, 0.15) is 17.3 Å². The molecule has 3 aromatic rings. The molecule has 0 amide bonds. The van der Waals surface area contributed by atoms with E-state index in [1.165, 1.54) is 18.4 Å². The average molecular weight is 338 g/mol. The van der Waals surface area contributed by atoms with Gasteiger partial charge in [0, 0.05) is 11.6 Å². The molecular weight excluding hydrogens is 320 g/mol. The van der Waals surface area contributed by atoms with E-state index in [0.717, 1.165) is 28.1 Å². The lowest BCUT2D eigenvalue weighted by Gasteiger charge is -2.07. The molecule has 6 heteroatoms. The molecule has 4 rings (SSSR count). The minimum Gasteiger partial charge on any atom is -0.492 e. The Morgan fingerprint density at radius 2 is 2.12 bits per heavy atom. The molecule has 0 aliphatic heterocycles. The van der Waals surface area contributed by atoms with Gasteiger partial charge in [0.05, 0.1) is 18.5 Å². The van der Waals surface area contributed by atoms with Crippen molar-refractivity contribution < 1.29 is 4.74 Å². The van der Waals surface area contributed by atoms with Crippen LogP contribution in [0.5, 0.6) is 5.75 Å². The SMILES string of the molecule is CCOc1ccc(-c2csc(Nc3ncccc3C3CC3)n2)nc1. The van der Waals surface area contributed by atoms with E-state index in [2.05, 4.69) is 26.3 Å². The molecule has 0 radical (unpaired) electrons. The number of thiazole rings is 1. The number of anilines is 2. The largest absolute Gasteiger partial charge is 0.492 e. The van der Waals surface area contributed by atoms with Gasteiger partial charge in [-0.2, -0.15) is 0 Å². The van der Waals surface area contributed by atoms with Crippen LogP contribution in [-0.4, -0.2) is 21.6 Å². The average Bonchev–Trinajstić information content (AvgIpc) is 3.36. The maximum atomic E-state index is 5.42. The van der Waals surface area contributed by atoms with Crippen molar-refractivity contribution in [2.24, 2.45) is 0 Å². The molecular formula is C18H18N4OS. The number of nitrogens with zero attached hydrogens (tertiary/aromatic N) is 3. The van der Waals surface area contributed by atoms with E-state index in [1.807, 2.05) is 36.7 Å². The first-order chi connectivity index (χ1) is 11.8. The highest BCUT2D eigenvalue weighted by atomic mass is 32.1. The Labute approximate surface area is 144 Å². The van der Waals surface area contributed by atoms with Gasteiger partial charge in [-0.05, 0) is 49.4 Å². The normalized spacial score (nSPS) is 13.7. The van der Waals surface area contributed by atoms with Gasteiger partial charge in [-0.1, -0.05) is 6.07 Å². The Morgan fingerprint density at radius 1 is 1.21 bits per heavy atom. The zero-order chi connectivity index (χ0) is 16.4. The summed E-state index contributed by atoms with van der Waals surface area (Å²) in [5.74, 6) is 2.34. The van der Waals surface area contributed by atoms with Gasteiger partial charge in [0.15, 0.2) is 5.13 Å². The number of hydrogen-bond donors (Lipinski definition) is 1. The third kappa shape index (κ3) is 3.23. The van der Waals surface area contributed by atoms with Crippen LogP contribution in [0.1, 0.15) is 31.2 Å². The first-order valence-corrected chi connectivity index (χ1v) is 8.98. The predicted molar refractivity (Wildman–Crippen MR) is 96.0 cm³/mol. The molecule has 122 valence electrons. The standard InChI is InChI=1S/C18H18N4OS/c1-2-23-13-7-8-15(20-10-13)16-11-24-18(21-16)22-17-14(12-5-6-12)4-3-9-19-17/h3-4,7-12H,2,5-6H2,1H3,(H,19,21,22). The summed E-state index contributed by atoms with van der Waals surface area (Å²) in [4.78, 5) is 13.5. The Morgan fingerprint density at radius 3 is 2.88 bits per heavy atom. The van der Waals surface area contributed by atoms with Gasteiger partial charge in [-0.15, -0.1) is 11.3 Å². The van der Waals surface area contributed by atoms with E-state index in [0.29, 0.717) is 12.5 Å². The minimum absolute atomic E-state index is 0.638. The van der Waals surface area contributed by atoms with Gasteiger partial charge in [0.2, 0.25) is 0 Å². The summed E-state index contributed by atoms with van der Waals surface area (Å²) in [5, 5.41) is 6.20. The van der Waals surface area contributed by atoms with Gasteiger partial charge in [0.25, 0.3) is 0 Å². The van der Waals surface area contributed by atoms with Gasteiger partial charge >= 0.3 is 0 Å². The van der Waals surface area contributed by atoms with Crippen LogP contribution in [0.4, 0.5) is 10.9 Å². The second kappa shape index (κ2) is 6.57. The molecule has 1 fully saturated rings. The topological polar surface area (TPSA) is 59.9 Å². The van der Waals surface area contributed by atoms with Crippen molar-refractivity contribution in [3.63, 3.8) is 0 Å². The van der Waals surface area contributed by atoms with E-state index in [-0.39, 0.29) is 0 Å². The van der Waals surface area contributed by atoms with Crippen LogP contribution in [0.3, 0.4) is 0 Å². The fourth-order valence-electron chi connectivity index (χ4n) is 2.58. The molecule has 3 aromatic heterocycles. The van der Waals surface area contributed by atoms with Gasteiger partial charge in [-0.3, -0.25) is 4.98 Å². The fourth-order valence-corrected chi connectivity index (χ4v) is 3.28. The highest BCUT2D eigenvalue weighted by molar-refractivity contribution is 7.14. The lowest BCUT2D eigenvalue weighted by Crippen LogP contribution is -1.97. The van der Waals surface area contributed by atoms with Crippen molar-refractivity contribution in [2.45, 2.75) is 25.7 Å². The summed E-state index contributed by atoms with van der Waals surface area (Å²) in [7, 11) is 0. The third-order valence-electron chi connectivity index (χ3n) is 3.90. The van der Waals surface area contributed by atoms with Crippen LogP contribution in [0, 0.1) is 0 Å². The van der Waals surface area contributed by atoms with Crippen molar-refractivity contribution >= 4 is 22.3 Å². The monoisotopic (exact) mass is 338 g/mol. The fraction of sp³-hybridized carbons (Fsp3) is 0.278. The Bertz CT molecular complexity index is 827. The van der Waals surface area contributed by atoms with Crippen molar-refractivity contribution in [1.29, 1.82) is 0 Å². The van der Waals surface area contributed by atoms with Crippen LogP contribution < -0.4 is 10.1 Å². The van der Waals surface area contributed by atoms with E-state index in [9.17, 15) is 0 Å². The van der Waals surface area contributed by atoms with Gasteiger partial charge < -0.3 is 10.1 Å². The highest BCUT2D eigenvalue weighted by Crippen LogP contribution is 2.43. The first kappa shape index (κ1) is 15.1. The lowest BCUT2D eigenvalue weighted by atomic mass is 10.2. The number of ether oxygens (including phenoxy) is 1. The molecule has 24 heavy (non-hydrogen) atoms. The summed E-state index contributed by atoms with van der Waals surface area (Å²) in [6, 6.07) is 7.99. The second-order valence-corrected chi connectivity index (χ2v) is 6.55.